The third kappa shape index (κ3) is 4.73. The number of nitrogens with zero attached hydrogens (tertiary/aromatic N) is 1. The highest BCUT2D eigenvalue weighted by molar-refractivity contribution is 5.30. The molecule has 17 heavy (non-hydrogen) atoms. The lowest BCUT2D eigenvalue weighted by atomic mass is 10.1. The smallest absolute Gasteiger partial charge is 0.142 e. The molecule has 3 nitrogen and oxygen atoms in total. The Bertz CT molecular complexity index is 337. The largest absolute Gasteiger partial charge is 0.486 e. The van der Waals surface area contributed by atoms with Gasteiger partial charge in [-0.25, -0.2) is 0 Å². The van der Waals surface area contributed by atoms with E-state index in [2.05, 4.69) is 38.0 Å². The van der Waals surface area contributed by atoms with Crippen LogP contribution in [0.2, 0.25) is 0 Å². The molecule has 3 heteroatoms. The van der Waals surface area contributed by atoms with E-state index in [1.165, 1.54) is 5.56 Å². The zero-order valence-corrected chi connectivity index (χ0v) is 11.4. The molecule has 0 saturated heterocycles. The molecule has 0 aliphatic carbocycles. The van der Waals surface area contributed by atoms with Gasteiger partial charge in [-0.15, -0.1) is 0 Å². The predicted octanol–water partition coefficient (Wildman–Crippen LogP) is 3.15. The van der Waals surface area contributed by atoms with E-state index < -0.39 is 0 Å². The Morgan fingerprint density at radius 3 is 2.76 bits per heavy atom. The first-order valence-electron chi connectivity index (χ1n) is 6.41. The number of nitrogens with one attached hydrogen (secondary N) is 1. The van der Waals surface area contributed by atoms with Gasteiger partial charge < -0.3 is 10.1 Å². The van der Waals surface area contributed by atoms with Crippen molar-refractivity contribution in [3.8, 4) is 5.75 Å². The van der Waals surface area contributed by atoms with Gasteiger partial charge in [-0.1, -0.05) is 13.8 Å². The minimum atomic E-state index is -0.136. The van der Waals surface area contributed by atoms with Crippen LogP contribution in [-0.2, 0) is 6.54 Å². The average molecular weight is 236 g/mol. The molecule has 96 valence electrons. The van der Waals surface area contributed by atoms with E-state index in [1.54, 1.807) is 6.20 Å². The Morgan fingerprint density at radius 1 is 1.35 bits per heavy atom. The Hall–Kier alpha value is -1.09. The van der Waals surface area contributed by atoms with Gasteiger partial charge in [0, 0.05) is 18.3 Å². The maximum Gasteiger partial charge on any atom is 0.142 e. The van der Waals surface area contributed by atoms with Crippen molar-refractivity contribution in [2.75, 3.05) is 6.54 Å². The third-order valence-electron chi connectivity index (χ3n) is 2.85. The van der Waals surface area contributed by atoms with E-state index in [9.17, 15) is 0 Å². The number of hydrogen-bond acceptors (Lipinski definition) is 3. The van der Waals surface area contributed by atoms with Crippen molar-refractivity contribution in [3.05, 3.63) is 24.0 Å². The van der Waals surface area contributed by atoms with Crippen LogP contribution >= 0.6 is 0 Å². The second kappa shape index (κ2) is 6.60. The van der Waals surface area contributed by atoms with E-state index >= 15 is 0 Å². The summed E-state index contributed by atoms with van der Waals surface area (Å²) in [6, 6.07) is 2.02. The summed E-state index contributed by atoms with van der Waals surface area (Å²) in [5.41, 5.74) is 1.04. The van der Waals surface area contributed by atoms with E-state index in [0.29, 0.717) is 0 Å². The lowest BCUT2D eigenvalue weighted by molar-refractivity contribution is 0.103. The molecule has 1 aromatic rings. The monoisotopic (exact) mass is 236 g/mol. The molecule has 0 aromatic carbocycles. The highest BCUT2D eigenvalue weighted by Gasteiger charge is 2.18. The van der Waals surface area contributed by atoms with Crippen LogP contribution in [0.5, 0.6) is 5.75 Å². The maximum absolute atomic E-state index is 6.01. The molecule has 0 radical (unpaired) electrons. The first kappa shape index (κ1) is 14.0. The van der Waals surface area contributed by atoms with E-state index in [1.807, 2.05) is 12.3 Å². The summed E-state index contributed by atoms with van der Waals surface area (Å²) in [6.07, 6.45) is 5.74. The zero-order chi connectivity index (χ0) is 12.7. The molecular formula is C14H24N2O. The van der Waals surface area contributed by atoms with Crippen molar-refractivity contribution >= 4 is 0 Å². The summed E-state index contributed by atoms with van der Waals surface area (Å²) in [7, 11) is 0. The van der Waals surface area contributed by atoms with Crippen molar-refractivity contribution in [2.45, 2.75) is 52.7 Å². The van der Waals surface area contributed by atoms with E-state index in [-0.39, 0.29) is 5.60 Å². The van der Waals surface area contributed by atoms with Gasteiger partial charge in [0.15, 0.2) is 0 Å². The van der Waals surface area contributed by atoms with Crippen LogP contribution < -0.4 is 10.1 Å². The van der Waals surface area contributed by atoms with Crippen LogP contribution in [0.15, 0.2) is 18.5 Å². The van der Waals surface area contributed by atoms with Gasteiger partial charge in [0.05, 0.1) is 6.20 Å². The van der Waals surface area contributed by atoms with Crippen LogP contribution in [0.1, 0.15) is 46.1 Å². The minimum Gasteiger partial charge on any atom is -0.486 e. The fraction of sp³-hybridized carbons (Fsp3) is 0.643. The Kier molecular flexibility index (Phi) is 5.42. The van der Waals surface area contributed by atoms with E-state index in [4.69, 9.17) is 4.74 Å². The molecule has 0 fully saturated rings. The first-order chi connectivity index (χ1) is 8.09. The quantitative estimate of drug-likeness (QED) is 0.738. The van der Waals surface area contributed by atoms with Crippen molar-refractivity contribution in [2.24, 2.45) is 0 Å². The van der Waals surface area contributed by atoms with E-state index in [0.717, 1.165) is 31.7 Å². The number of rotatable bonds is 7. The van der Waals surface area contributed by atoms with Gasteiger partial charge in [-0.2, -0.15) is 0 Å². The van der Waals surface area contributed by atoms with Gasteiger partial charge in [0.25, 0.3) is 0 Å². The van der Waals surface area contributed by atoms with Crippen LogP contribution in [0, 0.1) is 0 Å². The topological polar surface area (TPSA) is 34.2 Å². The van der Waals surface area contributed by atoms with Crippen LogP contribution in [-0.4, -0.2) is 17.1 Å². The Balaban J connectivity index is 2.70. The average Bonchev–Trinajstić information content (AvgIpc) is 2.31. The number of pyridine rings is 1. The normalized spacial score (nSPS) is 11.5. The predicted molar refractivity (Wildman–Crippen MR) is 71.2 cm³/mol. The minimum absolute atomic E-state index is 0.136. The Labute approximate surface area is 105 Å². The summed E-state index contributed by atoms with van der Waals surface area (Å²) in [6.45, 7) is 10.4. The van der Waals surface area contributed by atoms with Crippen molar-refractivity contribution in [1.82, 2.24) is 10.3 Å². The molecule has 0 aliphatic rings. The summed E-state index contributed by atoms with van der Waals surface area (Å²) >= 11 is 0. The van der Waals surface area contributed by atoms with Gasteiger partial charge >= 0.3 is 0 Å². The highest BCUT2D eigenvalue weighted by Crippen LogP contribution is 2.23. The molecule has 1 N–H and O–H groups in total. The molecule has 0 unspecified atom stereocenters. The van der Waals surface area contributed by atoms with Crippen LogP contribution in [0.3, 0.4) is 0 Å². The molecule has 0 atom stereocenters. The molecule has 1 aromatic heterocycles. The summed E-state index contributed by atoms with van der Waals surface area (Å²) < 4.78 is 6.01. The SMILES string of the molecule is CCCNCc1ccncc1OC(C)(C)CC. The number of ether oxygens (including phenoxy) is 1. The number of hydrogen-bond donors (Lipinski definition) is 1. The second-order valence-electron chi connectivity index (χ2n) is 4.88. The van der Waals surface area contributed by atoms with Gasteiger partial charge in [0.2, 0.25) is 0 Å². The van der Waals surface area contributed by atoms with Crippen molar-refractivity contribution in [3.63, 3.8) is 0 Å². The van der Waals surface area contributed by atoms with Gasteiger partial charge in [0.1, 0.15) is 11.4 Å². The molecule has 1 heterocycles. The lowest BCUT2D eigenvalue weighted by Gasteiger charge is -2.26. The summed E-state index contributed by atoms with van der Waals surface area (Å²) in [5.74, 6) is 0.892. The molecular weight excluding hydrogens is 212 g/mol. The summed E-state index contributed by atoms with van der Waals surface area (Å²) in [4.78, 5) is 4.14. The lowest BCUT2D eigenvalue weighted by Crippen LogP contribution is -2.28. The van der Waals surface area contributed by atoms with Crippen molar-refractivity contribution in [1.29, 1.82) is 0 Å². The maximum atomic E-state index is 6.01. The van der Waals surface area contributed by atoms with Crippen molar-refractivity contribution < 1.29 is 4.74 Å². The molecule has 0 amide bonds. The molecule has 0 spiro atoms. The number of aromatic nitrogens is 1. The molecule has 0 aliphatic heterocycles. The third-order valence-corrected chi connectivity index (χ3v) is 2.85. The van der Waals surface area contributed by atoms with Gasteiger partial charge in [-0.3, -0.25) is 4.98 Å². The zero-order valence-electron chi connectivity index (χ0n) is 11.4. The molecule has 1 rings (SSSR count). The fourth-order valence-corrected chi connectivity index (χ4v) is 1.42. The fourth-order valence-electron chi connectivity index (χ4n) is 1.42. The standard InChI is InChI=1S/C14H24N2O/c1-5-8-15-10-12-7-9-16-11-13(12)17-14(3,4)6-2/h7,9,11,15H,5-6,8,10H2,1-4H3. The summed E-state index contributed by atoms with van der Waals surface area (Å²) in [5, 5.41) is 3.39. The molecule has 0 bridgehead atoms. The van der Waals surface area contributed by atoms with Crippen LogP contribution in [0.4, 0.5) is 0 Å². The van der Waals surface area contributed by atoms with Gasteiger partial charge in [-0.05, 0) is 39.3 Å². The second-order valence-corrected chi connectivity index (χ2v) is 4.88. The first-order valence-corrected chi connectivity index (χ1v) is 6.41. The molecule has 0 saturated carbocycles. The van der Waals surface area contributed by atoms with Crippen LogP contribution in [0.25, 0.3) is 0 Å². The highest BCUT2D eigenvalue weighted by atomic mass is 16.5. The Morgan fingerprint density at radius 2 is 2.12 bits per heavy atom.